The van der Waals surface area contributed by atoms with Crippen molar-refractivity contribution < 1.29 is 49.1 Å². The molecular formula is C30H28F6N4O5S. The number of urea groups is 1. The van der Waals surface area contributed by atoms with Crippen molar-refractivity contribution in [3.05, 3.63) is 76.5 Å². The second-order valence-electron chi connectivity index (χ2n) is 11.0. The maximum absolute atomic E-state index is 14.2. The number of carbonyl (C=O) groups is 3. The smallest absolute Gasteiger partial charge is 0.303 e. The zero-order valence-electron chi connectivity index (χ0n) is 24.3. The van der Waals surface area contributed by atoms with Crippen LogP contribution in [0, 0.1) is 17.2 Å². The predicted molar refractivity (Wildman–Crippen MR) is 152 cm³/mol. The number of hydrogen-bond acceptors (Lipinski definition) is 6. The fourth-order valence-electron chi connectivity index (χ4n) is 5.74. The molecule has 1 fully saturated rings. The van der Waals surface area contributed by atoms with Crippen molar-refractivity contribution >= 4 is 33.4 Å². The van der Waals surface area contributed by atoms with Crippen molar-refractivity contribution in [1.82, 2.24) is 9.62 Å². The number of amides is 3. The molecule has 0 spiro atoms. The molecule has 16 heteroatoms. The summed E-state index contributed by atoms with van der Waals surface area (Å²) in [6.45, 7) is 0.168. The Kier molecular flexibility index (Phi) is 9.86. The molecule has 1 saturated carbocycles. The van der Waals surface area contributed by atoms with Gasteiger partial charge in [-0.1, -0.05) is 37.5 Å². The quantitative estimate of drug-likeness (QED) is 0.344. The van der Waals surface area contributed by atoms with E-state index in [4.69, 9.17) is 0 Å². The minimum absolute atomic E-state index is 0.0457. The first kappa shape index (κ1) is 34.5. The van der Waals surface area contributed by atoms with E-state index in [1.165, 1.54) is 42.0 Å². The van der Waals surface area contributed by atoms with Gasteiger partial charge in [-0.2, -0.15) is 31.6 Å². The second-order valence-corrected chi connectivity index (χ2v) is 12.8. The number of nitriles is 1. The van der Waals surface area contributed by atoms with E-state index in [9.17, 15) is 54.4 Å². The highest BCUT2D eigenvalue weighted by Gasteiger charge is 2.45. The normalized spacial score (nSPS) is 18.4. The number of alkyl halides is 6. The number of Topliss-reactive ketones (excluding diaryl/α,β-unsaturated/α-hetero) is 1. The van der Waals surface area contributed by atoms with Gasteiger partial charge in [-0.3, -0.25) is 19.2 Å². The van der Waals surface area contributed by atoms with Crippen molar-refractivity contribution in [3.63, 3.8) is 0 Å². The lowest BCUT2D eigenvalue weighted by molar-refractivity contribution is -0.137. The first-order chi connectivity index (χ1) is 21.4. The Bertz CT molecular complexity index is 1690. The highest BCUT2D eigenvalue weighted by molar-refractivity contribution is 7.90. The van der Waals surface area contributed by atoms with Crippen LogP contribution in [0.4, 0.5) is 36.8 Å². The number of nitrogens with one attached hydrogen (secondary N) is 1. The number of anilines is 1. The van der Waals surface area contributed by atoms with E-state index in [1.54, 1.807) is 0 Å². The van der Waals surface area contributed by atoms with Gasteiger partial charge >= 0.3 is 18.4 Å². The third kappa shape index (κ3) is 7.87. The van der Waals surface area contributed by atoms with Crippen LogP contribution in [0.2, 0.25) is 0 Å². The van der Waals surface area contributed by atoms with E-state index in [-0.39, 0.29) is 28.1 Å². The minimum Gasteiger partial charge on any atom is -0.303 e. The summed E-state index contributed by atoms with van der Waals surface area (Å²) in [5.74, 6) is -4.94. The lowest BCUT2D eigenvalue weighted by Gasteiger charge is -2.43. The van der Waals surface area contributed by atoms with Gasteiger partial charge in [-0.15, -0.1) is 0 Å². The number of halogens is 6. The van der Waals surface area contributed by atoms with E-state index in [1.807, 2.05) is 6.07 Å². The summed E-state index contributed by atoms with van der Waals surface area (Å²) in [5.41, 5.74) is -1.17. The number of carbonyl (C=O) groups excluding carboxylic acids is 3. The van der Waals surface area contributed by atoms with Gasteiger partial charge in [0.15, 0.2) is 11.5 Å². The van der Waals surface area contributed by atoms with Crippen LogP contribution in [0.5, 0.6) is 0 Å². The standard InChI is InChI=1S/C30H28F6N4O5S/c1-18-25(27(42)21-6-3-2-4-7-21)26(20-12-10-19(15-37)11-13-20)39(16-24(41)38-46(44,45)17-29(31,32)33)28(43)40(18)23-9-5-8-22(14-23)30(34,35)36/h5,8-14,21,26H,2-4,6-7,16-17H2,1H3,(H,38,41). The van der Waals surface area contributed by atoms with Crippen molar-refractivity contribution in [1.29, 1.82) is 5.26 Å². The van der Waals surface area contributed by atoms with E-state index in [2.05, 4.69) is 0 Å². The molecule has 46 heavy (non-hydrogen) atoms. The van der Waals surface area contributed by atoms with Crippen LogP contribution in [-0.2, 0) is 25.8 Å². The largest absolute Gasteiger partial charge is 0.416 e. The predicted octanol–water partition coefficient (Wildman–Crippen LogP) is 5.99. The lowest BCUT2D eigenvalue weighted by Crippen LogP contribution is -2.54. The average molecular weight is 671 g/mol. The SMILES string of the molecule is CC1=C(C(=O)C2CCCCC2)C(c2ccc(C#N)cc2)N(CC(=O)NS(=O)(=O)CC(F)(F)F)C(=O)N1c1cccc(C(F)(F)F)c1. The third-order valence-electron chi connectivity index (χ3n) is 7.71. The summed E-state index contributed by atoms with van der Waals surface area (Å²) >= 11 is 0. The lowest BCUT2D eigenvalue weighted by atomic mass is 9.79. The van der Waals surface area contributed by atoms with Gasteiger partial charge in [0.05, 0.1) is 28.9 Å². The van der Waals surface area contributed by atoms with E-state index in [0.29, 0.717) is 31.7 Å². The molecule has 2 aliphatic rings. The molecule has 0 radical (unpaired) electrons. The second kappa shape index (κ2) is 13.1. The van der Waals surface area contributed by atoms with Gasteiger partial charge < -0.3 is 4.90 Å². The monoisotopic (exact) mass is 670 g/mol. The van der Waals surface area contributed by atoms with Crippen molar-refractivity contribution in [2.75, 3.05) is 17.2 Å². The Morgan fingerprint density at radius 1 is 1.00 bits per heavy atom. The van der Waals surface area contributed by atoms with E-state index in [0.717, 1.165) is 28.4 Å². The molecule has 0 bridgehead atoms. The molecule has 2 aromatic carbocycles. The van der Waals surface area contributed by atoms with Crippen LogP contribution in [0.15, 0.2) is 59.8 Å². The summed E-state index contributed by atoms with van der Waals surface area (Å²) < 4.78 is 105. The van der Waals surface area contributed by atoms with Crippen molar-refractivity contribution in [2.45, 2.75) is 57.4 Å². The van der Waals surface area contributed by atoms with Gasteiger partial charge in [-0.05, 0) is 55.7 Å². The zero-order chi connectivity index (χ0) is 34.0. The number of rotatable bonds is 8. The summed E-state index contributed by atoms with van der Waals surface area (Å²) in [5, 5.41) is 9.28. The van der Waals surface area contributed by atoms with Crippen LogP contribution in [0.25, 0.3) is 0 Å². The molecule has 246 valence electrons. The highest BCUT2D eigenvalue weighted by Crippen LogP contribution is 2.43. The summed E-state index contributed by atoms with van der Waals surface area (Å²) in [7, 11) is -5.26. The van der Waals surface area contributed by atoms with Gasteiger partial charge in [0.1, 0.15) is 6.54 Å². The number of benzene rings is 2. The van der Waals surface area contributed by atoms with Gasteiger partial charge in [0.2, 0.25) is 10.0 Å². The number of nitrogens with zero attached hydrogens (tertiary/aromatic N) is 3. The third-order valence-corrected chi connectivity index (χ3v) is 8.96. The number of hydrogen-bond donors (Lipinski definition) is 1. The fourth-order valence-corrected chi connectivity index (χ4v) is 6.65. The Balaban J connectivity index is 1.91. The molecule has 2 aromatic rings. The highest BCUT2D eigenvalue weighted by atomic mass is 32.2. The molecule has 1 aliphatic carbocycles. The molecule has 0 aromatic heterocycles. The van der Waals surface area contributed by atoms with Gasteiger partial charge in [0, 0.05) is 17.2 Å². The van der Waals surface area contributed by atoms with Crippen molar-refractivity contribution in [3.8, 4) is 6.07 Å². The Morgan fingerprint density at radius 2 is 1.63 bits per heavy atom. The zero-order valence-corrected chi connectivity index (χ0v) is 25.1. The number of allylic oxidation sites excluding steroid dienone is 1. The Hall–Kier alpha value is -4.39. The molecule has 1 heterocycles. The minimum atomic E-state index is -5.26. The molecule has 1 atom stereocenters. The molecule has 0 saturated heterocycles. The van der Waals surface area contributed by atoms with Gasteiger partial charge in [0.25, 0.3) is 5.91 Å². The van der Waals surface area contributed by atoms with Crippen LogP contribution in [0.1, 0.15) is 61.8 Å². The van der Waals surface area contributed by atoms with E-state index >= 15 is 0 Å². The molecule has 4 rings (SSSR count). The fraction of sp³-hybridized carbons (Fsp3) is 0.400. The van der Waals surface area contributed by atoms with Crippen LogP contribution < -0.4 is 9.62 Å². The first-order valence-corrected chi connectivity index (χ1v) is 15.7. The summed E-state index contributed by atoms with van der Waals surface area (Å²) in [4.78, 5) is 42.8. The molecule has 1 unspecified atom stereocenters. The van der Waals surface area contributed by atoms with Gasteiger partial charge in [-0.25, -0.2) is 13.2 Å². The molecule has 1 aliphatic heterocycles. The topological polar surface area (TPSA) is 128 Å². The van der Waals surface area contributed by atoms with E-state index < -0.39 is 69.9 Å². The Morgan fingerprint density at radius 3 is 2.20 bits per heavy atom. The first-order valence-electron chi connectivity index (χ1n) is 14.0. The molecule has 3 amide bonds. The molecule has 1 N–H and O–H groups in total. The maximum Gasteiger partial charge on any atom is 0.416 e. The van der Waals surface area contributed by atoms with Crippen LogP contribution in [-0.4, -0.2) is 49.5 Å². The van der Waals surface area contributed by atoms with Crippen molar-refractivity contribution in [2.24, 2.45) is 5.92 Å². The maximum atomic E-state index is 14.2. The average Bonchev–Trinajstić information content (AvgIpc) is 2.97. The van der Waals surface area contributed by atoms with Crippen LogP contribution >= 0.6 is 0 Å². The molecular weight excluding hydrogens is 642 g/mol. The number of sulfonamides is 1. The molecule has 9 nitrogen and oxygen atoms in total. The number of ketones is 1. The Labute approximate surface area is 260 Å². The van der Waals surface area contributed by atoms with Crippen LogP contribution in [0.3, 0.4) is 0 Å². The summed E-state index contributed by atoms with van der Waals surface area (Å²) in [6, 6.07) is 8.51. The summed E-state index contributed by atoms with van der Waals surface area (Å²) in [6.07, 6.45) is -6.77.